The van der Waals surface area contributed by atoms with E-state index >= 15 is 0 Å². The number of aromatic nitrogens is 2. The summed E-state index contributed by atoms with van der Waals surface area (Å²) in [4.78, 5) is 7.96. The summed E-state index contributed by atoms with van der Waals surface area (Å²) in [5.74, 6) is 0.396. The van der Waals surface area contributed by atoms with Crippen LogP contribution >= 0.6 is 27.5 Å². The zero-order valence-corrected chi connectivity index (χ0v) is 9.35. The predicted octanol–water partition coefficient (Wildman–Crippen LogP) is 3.41. The molecule has 0 aliphatic rings. The van der Waals surface area contributed by atoms with Crippen LogP contribution < -0.4 is 0 Å². The first-order chi connectivity index (χ1) is 5.66. The first-order valence-electron chi connectivity index (χ1n) is 3.82. The van der Waals surface area contributed by atoms with Crippen LogP contribution in [0.15, 0.2) is 10.9 Å². The number of halogens is 2. The molecule has 0 N–H and O–H groups in total. The molecule has 0 radical (unpaired) electrons. The fourth-order valence-electron chi connectivity index (χ4n) is 0.965. The molecule has 1 rings (SSSR count). The Morgan fingerprint density at radius 1 is 1.58 bits per heavy atom. The van der Waals surface area contributed by atoms with Gasteiger partial charge in [0, 0.05) is 5.56 Å². The molecule has 1 heterocycles. The summed E-state index contributed by atoms with van der Waals surface area (Å²) in [6.45, 7) is 4.22. The molecule has 12 heavy (non-hydrogen) atoms. The lowest BCUT2D eigenvalue weighted by molar-refractivity contribution is 0.719. The van der Waals surface area contributed by atoms with E-state index in [2.05, 4.69) is 39.7 Å². The largest absolute Gasteiger partial charge is 0.229 e. The number of rotatable bonds is 2. The lowest BCUT2D eigenvalue weighted by atomic mass is 10.0. The molecule has 0 saturated carbocycles. The van der Waals surface area contributed by atoms with Gasteiger partial charge in [-0.1, -0.05) is 25.4 Å². The molecule has 0 aromatic carbocycles. The van der Waals surface area contributed by atoms with Crippen molar-refractivity contribution in [1.29, 1.82) is 0 Å². The van der Waals surface area contributed by atoms with Crippen molar-refractivity contribution < 1.29 is 0 Å². The topological polar surface area (TPSA) is 25.8 Å². The molecule has 0 fully saturated rings. The maximum atomic E-state index is 5.92. The molecule has 0 aliphatic carbocycles. The Bertz CT molecular complexity index is 258. The molecule has 0 aliphatic heterocycles. The summed E-state index contributed by atoms with van der Waals surface area (Å²) in [5.41, 5.74) is 1.00. The maximum Gasteiger partial charge on any atom is 0.137 e. The summed E-state index contributed by atoms with van der Waals surface area (Å²) in [6, 6.07) is 0. The van der Waals surface area contributed by atoms with Crippen LogP contribution in [0.3, 0.4) is 0 Å². The number of hydrogen-bond donors (Lipinski definition) is 0. The van der Waals surface area contributed by atoms with Crippen LogP contribution in [-0.4, -0.2) is 9.97 Å². The molecular formula is C8H10BrClN2. The van der Waals surface area contributed by atoms with Gasteiger partial charge in [-0.3, -0.25) is 0 Å². The van der Waals surface area contributed by atoms with Crippen LogP contribution in [0, 0.1) is 0 Å². The molecule has 4 heteroatoms. The van der Waals surface area contributed by atoms with Gasteiger partial charge in [-0.05, 0) is 28.3 Å². The van der Waals surface area contributed by atoms with E-state index in [-0.39, 0.29) is 0 Å². The Labute approximate surface area is 85.5 Å². The summed E-state index contributed by atoms with van der Waals surface area (Å²) in [7, 11) is 0. The Morgan fingerprint density at radius 3 is 2.75 bits per heavy atom. The second-order valence-corrected chi connectivity index (χ2v) is 3.79. The minimum absolute atomic E-state index is 0.396. The summed E-state index contributed by atoms with van der Waals surface area (Å²) in [5, 5.41) is 0.547. The van der Waals surface area contributed by atoms with Crippen LogP contribution in [-0.2, 0) is 0 Å². The molecule has 2 nitrogen and oxygen atoms in total. The molecule has 0 amide bonds. The van der Waals surface area contributed by atoms with Crippen molar-refractivity contribution in [3.8, 4) is 0 Å². The van der Waals surface area contributed by atoms with Gasteiger partial charge in [0.05, 0.1) is 0 Å². The Morgan fingerprint density at radius 2 is 2.25 bits per heavy atom. The van der Waals surface area contributed by atoms with Gasteiger partial charge in [-0.2, -0.15) is 0 Å². The fraction of sp³-hybridized carbons (Fsp3) is 0.500. The molecule has 66 valence electrons. The van der Waals surface area contributed by atoms with Crippen LogP contribution in [0.4, 0.5) is 0 Å². The third-order valence-electron chi connectivity index (χ3n) is 1.89. The van der Waals surface area contributed by atoms with Crippen LogP contribution in [0.1, 0.15) is 31.7 Å². The molecule has 1 aromatic heterocycles. The van der Waals surface area contributed by atoms with Crippen molar-refractivity contribution in [2.75, 3.05) is 0 Å². The van der Waals surface area contributed by atoms with Gasteiger partial charge in [0.2, 0.25) is 0 Å². The minimum Gasteiger partial charge on any atom is -0.229 e. The van der Waals surface area contributed by atoms with Gasteiger partial charge in [0.25, 0.3) is 0 Å². The summed E-state index contributed by atoms with van der Waals surface area (Å²) in [6.07, 6.45) is 2.49. The summed E-state index contributed by atoms with van der Waals surface area (Å²) < 4.78 is 0.803. The smallest absolute Gasteiger partial charge is 0.137 e. The van der Waals surface area contributed by atoms with Crippen molar-refractivity contribution in [1.82, 2.24) is 9.97 Å². The maximum absolute atomic E-state index is 5.92. The van der Waals surface area contributed by atoms with Gasteiger partial charge in [0.15, 0.2) is 0 Å². The van der Waals surface area contributed by atoms with Crippen molar-refractivity contribution in [3.05, 3.63) is 21.6 Å². The Hall–Kier alpha value is -0.150. The molecule has 0 spiro atoms. The quantitative estimate of drug-likeness (QED) is 0.751. The SMILES string of the molecule is CC[C@@H](C)c1c(Cl)ncnc1Br. The molecule has 1 aromatic rings. The van der Waals surface area contributed by atoms with E-state index in [1.807, 2.05) is 0 Å². The Balaban J connectivity index is 3.12. The molecule has 0 bridgehead atoms. The zero-order chi connectivity index (χ0) is 9.14. The Kier molecular flexibility index (Phi) is 3.47. The van der Waals surface area contributed by atoms with Gasteiger partial charge in [-0.15, -0.1) is 0 Å². The lowest BCUT2D eigenvalue weighted by Gasteiger charge is -2.10. The predicted molar refractivity (Wildman–Crippen MR) is 53.4 cm³/mol. The highest BCUT2D eigenvalue weighted by Gasteiger charge is 2.13. The van der Waals surface area contributed by atoms with Gasteiger partial charge < -0.3 is 0 Å². The van der Waals surface area contributed by atoms with Gasteiger partial charge >= 0.3 is 0 Å². The fourth-order valence-corrected chi connectivity index (χ4v) is 2.07. The van der Waals surface area contributed by atoms with Gasteiger partial charge in [-0.25, -0.2) is 9.97 Å². The van der Waals surface area contributed by atoms with Crippen molar-refractivity contribution in [3.63, 3.8) is 0 Å². The number of hydrogen-bond acceptors (Lipinski definition) is 2. The van der Waals surface area contributed by atoms with Crippen molar-refractivity contribution in [2.45, 2.75) is 26.2 Å². The van der Waals surface area contributed by atoms with Crippen LogP contribution in [0.5, 0.6) is 0 Å². The average Bonchev–Trinajstić information content (AvgIpc) is 2.03. The normalized spacial score (nSPS) is 13.0. The van der Waals surface area contributed by atoms with E-state index in [0.29, 0.717) is 11.1 Å². The second-order valence-electron chi connectivity index (χ2n) is 2.68. The lowest BCUT2D eigenvalue weighted by Crippen LogP contribution is -1.97. The third kappa shape index (κ3) is 1.96. The van der Waals surface area contributed by atoms with Crippen LogP contribution in [0.25, 0.3) is 0 Å². The zero-order valence-electron chi connectivity index (χ0n) is 7.01. The first kappa shape index (κ1) is 9.93. The van der Waals surface area contributed by atoms with E-state index in [1.54, 1.807) is 0 Å². The van der Waals surface area contributed by atoms with E-state index < -0.39 is 0 Å². The standard InChI is InChI=1S/C8H10BrClN2/c1-3-5(2)6-7(9)11-4-12-8(6)10/h4-5H,3H2,1-2H3/t5-/m1/s1. The number of nitrogens with zero attached hydrogens (tertiary/aromatic N) is 2. The summed E-state index contributed by atoms with van der Waals surface area (Å²) >= 11 is 9.27. The second kappa shape index (κ2) is 4.19. The highest BCUT2D eigenvalue weighted by atomic mass is 79.9. The van der Waals surface area contributed by atoms with E-state index in [4.69, 9.17) is 11.6 Å². The van der Waals surface area contributed by atoms with E-state index in [0.717, 1.165) is 16.6 Å². The van der Waals surface area contributed by atoms with Gasteiger partial charge in [0.1, 0.15) is 16.1 Å². The first-order valence-corrected chi connectivity index (χ1v) is 4.99. The molecular weight excluding hydrogens is 239 g/mol. The minimum atomic E-state index is 0.396. The van der Waals surface area contributed by atoms with Crippen molar-refractivity contribution >= 4 is 27.5 Å². The van der Waals surface area contributed by atoms with Crippen LogP contribution in [0.2, 0.25) is 5.15 Å². The van der Waals surface area contributed by atoms with E-state index in [1.165, 1.54) is 6.33 Å². The monoisotopic (exact) mass is 248 g/mol. The highest BCUT2D eigenvalue weighted by Crippen LogP contribution is 2.29. The highest BCUT2D eigenvalue weighted by molar-refractivity contribution is 9.10. The molecule has 0 saturated heterocycles. The van der Waals surface area contributed by atoms with Crippen molar-refractivity contribution in [2.24, 2.45) is 0 Å². The third-order valence-corrected chi connectivity index (χ3v) is 2.82. The molecule has 1 atom stereocenters. The molecule has 0 unspecified atom stereocenters. The average molecular weight is 250 g/mol. The van der Waals surface area contributed by atoms with E-state index in [9.17, 15) is 0 Å².